The van der Waals surface area contributed by atoms with Gasteiger partial charge in [0.1, 0.15) is 0 Å². The number of hydrogen-bond donors (Lipinski definition) is 3. The van der Waals surface area contributed by atoms with E-state index < -0.39 is 0 Å². The lowest BCUT2D eigenvalue weighted by Crippen LogP contribution is -2.47. The minimum Gasteiger partial charge on any atom is -0.326 e. The van der Waals surface area contributed by atoms with Crippen LogP contribution >= 0.6 is 0 Å². The van der Waals surface area contributed by atoms with Crippen LogP contribution in [0.3, 0.4) is 0 Å². The lowest BCUT2D eigenvalue weighted by atomic mass is 9.49. The van der Waals surface area contributed by atoms with Crippen LogP contribution in [0.5, 0.6) is 0 Å². The maximum Gasteiger partial charge on any atom is 0.323 e. The van der Waals surface area contributed by atoms with Crippen LogP contribution in [0.4, 0.5) is 5.69 Å². The first-order chi connectivity index (χ1) is 11.6. The van der Waals surface area contributed by atoms with Crippen molar-refractivity contribution in [2.24, 2.45) is 23.2 Å². The number of aromatic nitrogens is 2. The number of H-pyrrole nitrogens is 2. The topological polar surface area (TPSA) is 77.8 Å². The molecule has 5 nitrogen and oxygen atoms in total. The fourth-order valence-corrected chi connectivity index (χ4v) is 6.16. The molecule has 1 amide bonds. The minimum absolute atomic E-state index is 0.120. The highest BCUT2D eigenvalue weighted by atomic mass is 16.1. The van der Waals surface area contributed by atoms with Gasteiger partial charge in [0, 0.05) is 12.1 Å². The summed E-state index contributed by atoms with van der Waals surface area (Å²) in [6.45, 7) is 0. The molecule has 4 saturated carbocycles. The quantitative estimate of drug-likeness (QED) is 0.809. The van der Waals surface area contributed by atoms with Gasteiger partial charge < -0.3 is 15.3 Å². The molecule has 5 heteroatoms. The van der Waals surface area contributed by atoms with E-state index in [0.717, 1.165) is 34.5 Å². The summed E-state index contributed by atoms with van der Waals surface area (Å²) in [5.41, 5.74) is 2.28. The van der Waals surface area contributed by atoms with Gasteiger partial charge in [-0.1, -0.05) is 0 Å². The normalized spacial score (nSPS) is 33.9. The van der Waals surface area contributed by atoms with Gasteiger partial charge in [0.2, 0.25) is 5.91 Å². The number of anilines is 1. The summed E-state index contributed by atoms with van der Waals surface area (Å²) >= 11 is 0. The number of benzene rings is 1. The van der Waals surface area contributed by atoms with E-state index in [1.165, 1.54) is 38.5 Å². The zero-order valence-electron chi connectivity index (χ0n) is 13.7. The van der Waals surface area contributed by atoms with Crippen LogP contribution in [0, 0.1) is 23.2 Å². The van der Waals surface area contributed by atoms with E-state index in [9.17, 15) is 9.59 Å². The van der Waals surface area contributed by atoms with Gasteiger partial charge in [-0.15, -0.1) is 0 Å². The Balaban J connectivity index is 1.32. The van der Waals surface area contributed by atoms with Crippen molar-refractivity contribution in [1.82, 2.24) is 9.97 Å². The second kappa shape index (κ2) is 4.98. The SMILES string of the molecule is O=C(CC12CC3CC(CC(C3)C1)C2)Nc1ccc2[nH]c(=O)[nH]c2c1. The van der Waals surface area contributed by atoms with Gasteiger partial charge in [0.15, 0.2) is 0 Å². The van der Waals surface area contributed by atoms with Crippen molar-refractivity contribution < 1.29 is 4.79 Å². The van der Waals surface area contributed by atoms with Crippen LogP contribution in [0.15, 0.2) is 23.0 Å². The van der Waals surface area contributed by atoms with Crippen molar-refractivity contribution in [2.45, 2.75) is 44.9 Å². The highest BCUT2D eigenvalue weighted by molar-refractivity contribution is 5.93. The minimum atomic E-state index is -0.220. The Morgan fingerprint density at radius 3 is 2.33 bits per heavy atom. The Hall–Kier alpha value is -2.04. The van der Waals surface area contributed by atoms with Crippen LogP contribution in [-0.2, 0) is 4.79 Å². The molecule has 1 aromatic heterocycles. The largest absolute Gasteiger partial charge is 0.326 e. The fourth-order valence-electron chi connectivity index (χ4n) is 6.16. The van der Waals surface area contributed by atoms with Crippen molar-refractivity contribution in [3.8, 4) is 0 Å². The van der Waals surface area contributed by atoms with Gasteiger partial charge in [0.05, 0.1) is 11.0 Å². The van der Waals surface area contributed by atoms with E-state index in [2.05, 4.69) is 15.3 Å². The molecule has 0 spiro atoms. The number of fused-ring (bicyclic) bond motifs is 1. The number of nitrogens with one attached hydrogen (secondary N) is 3. The predicted molar refractivity (Wildman–Crippen MR) is 92.8 cm³/mol. The van der Waals surface area contributed by atoms with Gasteiger partial charge >= 0.3 is 5.69 Å². The molecule has 2 aromatic rings. The van der Waals surface area contributed by atoms with Crippen molar-refractivity contribution in [3.63, 3.8) is 0 Å². The van der Waals surface area contributed by atoms with Crippen molar-refractivity contribution in [2.75, 3.05) is 5.32 Å². The zero-order chi connectivity index (χ0) is 16.3. The standard InChI is InChI=1S/C19H23N3O2/c23-17(20-14-1-2-15-16(6-14)22-18(24)21-15)10-19-7-11-3-12(8-19)5-13(4-11)9-19/h1-2,6,11-13H,3-5,7-10H2,(H,20,23)(H2,21,22,24). The Morgan fingerprint density at radius 1 is 1.04 bits per heavy atom. The summed E-state index contributed by atoms with van der Waals surface area (Å²) in [5, 5.41) is 3.04. The van der Waals surface area contributed by atoms with Crippen molar-refractivity contribution in [3.05, 3.63) is 28.7 Å². The molecule has 3 N–H and O–H groups in total. The molecule has 0 atom stereocenters. The molecule has 1 heterocycles. The average molecular weight is 325 g/mol. The van der Waals surface area contributed by atoms with Gasteiger partial charge in [-0.2, -0.15) is 0 Å². The summed E-state index contributed by atoms with van der Waals surface area (Å²) in [7, 11) is 0. The Bertz CT molecular complexity index is 828. The van der Waals surface area contributed by atoms with Gasteiger partial charge in [-0.05, 0) is 79.9 Å². The molecule has 4 aliphatic carbocycles. The lowest BCUT2D eigenvalue weighted by molar-refractivity contribution is -0.124. The molecule has 126 valence electrons. The fraction of sp³-hybridized carbons (Fsp3) is 0.579. The molecule has 1 aromatic carbocycles. The van der Waals surface area contributed by atoms with Crippen molar-refractivity contribution >= 4 is 22.6 Å². The molecule has 0 aliphatic heterocycles. The van der Waals surface area contributed by atoms with Gasteiger partial charge in [-0.25, -0.2) is 4.79 Å². The van der Waals surface area contributed by atoms with E-state index in [0.29, 0.717) is 6.42 Å². The molecule has 6 rings (SSSR count). The smallest absolute Gasteiger partial charge is 0.323 e. The number of rotatable bonds is 3. The monoisotopic (exact) mass is 325 g/mol. The van der Waals surface area contributed by atoms with Crippen LogP contribution in [0.1, 0.15) is 44.9 Å². The summed E-state index contributed by atoms with van der Waals surface area (Å²) in [4.78, 5) is 29.4. The second-order valence-corrected chi connectivity index (χ2v) is 8.48. The summed E-state index contributed by atoms with van der Waals surface area (Å²) in [6.07, 6.45) is 8.59. The molecule has 4 fully saturated rings. The Morgan fingerprint density at radius 2 is 1.67 bits per heavy atom. The molecule has 0 radical (unpaired) electrons. The van der Waals surface area contributed by atoms with Crippen LogP contribution in [0.2, 0.25) is 0 Å². The number of carbonyl (C=O) groups excluding carboxylic acids is 1. The predicted octanol–water partition coefficient (Wildman–Crippen LogP) is 3.40. The third-order valence-electron chi connectivity index (χ3n) is 6.50. The molecule has 24 heavy (non-hydrogen) atoms. The maximum absolute atomic E-state index is 12.6. The number of hydrogen-bond acceptors (Lipinski definition) is 2. The highest BCUT2D eigenvalue weighted by Crippen LogP contribution is 2.61. The van der Waals surface area contributed by atoms with Crippen LogP contribution in [-0.4, -0.2) is 15.9 Å². The average Bonchev–Trinajstić information content (AvgIpc) is 2.84. The first-order valence-electron chi connectivity index (χ1n) is 9.09. The van der Waals surface area contributed by atoms with Crippen molar-refractivity contribution in [1.29, 1.82) is 0 Å². The Labute approximate surface area is 140 Å². The first-order valence-corrected chi connectivity index (χ1v) is 9.09. The summed E-state index contributed by atoms with van der Waals surface area (Å²) < 4.78 is 0. The molecule has 4 aliphatic rings. The van der Waals surface area contributed by atoms with E-state index in [1.807, 2.05) is 18.2 Å². The van der Waals surface area contributed by atoms with Gasteiger partial charge in [0.25, 0.3) is 0 Å². The third kappa shape index (κ3) is 2.38. The number of carbonyl (C=O) groups is 1. The number of amides is 1. The maximum atomic E-state index is 12.6. The molecular weight excluding hydrogens is 302 g/mol. The molecular formula is C19H23N3O2. The zero-order valence-corrected chi connectivity index (χ0v) is 13.7. The van der Waals surface area contributed by atoms with Gasteiger partial charge in [-0.3, -0.25) is 4.79 Å². The summed E-state index contributed by atoms with van der Waals surface area (Å²) in [6, 6.07) is 5.50. The molecule has 0 unspecified atom stereocenters. The molecule has 0 saturated heterocycles. The van der Waals surface area contributed by atoms with E-state index in [1.54, 1.807) is 0 Å². The number of aromatic amines is 2. The molecule has 4 bridgehead atoms. The van der Waals surface area contributed by atoms with E-state index in [4.69, 9.17) is 0 Å². The Kier molecular flexibility index (Phi) is 2.97. The van der Waals surface area contributed by atoms with Crippen LogP contribution in [0.25, 0.3) is 11.0 Å². The number of imidazole rings is 1. The van der Waals surface area contributed by atoms with Crippen LogP contribution < -0.4 is 11.0 Å². The second-order valence-electron chi connectivity index (χ2n) is 8.48. The lowest BCUT2D eigenvalue weighted by Gasteiger charge is -2.56. The van der Waals surface area contributed by atoms with E-state index in [-0.39, 0.29) is 17.0 Å². The summed E-state index contributed by atoms with van der Waals surface area (Å²) in [5.74, 6) is 2.72. The third-order valence-corrected chi connectivity index (χ3v) is 6.50. The first kappa shape index (κ1) is 14.3. The highest BCUT2D eigenvalue weighted by Gasteiger charge is 2.51. The van der Waals surface area contributed by atoms with E-state index >= 15 is 0 Å².